The van der Waals surface area contributed by atoms with Crippen molar-refractivity contribution in [1.82, 2.24) is 0 Å². The topological polar surface area (TPSA) is 20.2 Å². The smallest absolute Gasteiger partial charge is 0.0605 e. The molecule has 2 rings (SSSR count). The molecule has 1 heteroatoms. The standard InChI is InChI=1S/C11H18O/c1-8-6-7-11(12)10-5-3-2-4-9(8)10/h4,8,10-12H,2-3,5-7H2,1H3/t8-,10-,11+/m0/s1. The van der Waals surface area contributed by atoms with Gasteiger partial charge in [-0.25, -0.2) is 0 Å². The Balaban J connectivity index is 2.19. The predicted molar refractivity (Wildman–Crippen MR) is 49.8 cm³/mol. The molecule has 0 aromatic rings. The minimum absolute atomic E-state index is 0.0345. The maximum absolute atomic E-state index is 9.78. The van der Waals surface area contributed by atoms with E-state index in [9.17, 15) is 5.11 Å². The van der Waals surface area contributed by atoms with Crippen LogP contribution in [0.3, 0.4) is 0 Å². The van der Waals surface area contributed by atoms with E-state index in [4.69, 9.17) is 0 Å². The third-order valence-corrected chi connectivity index (χ3v) is 3.46. The normalized spacial score (nSPS) is 41.8. The van der Waals surface area contributed by atoms with Crippen LogP contribution in [-0.4, -0.2) is 11.2 Å². The highest BCUT2D eigenvalue weighted by molar-refractivity contribution is 5.17. The van der Waals surface area contributed by atoms with Gasteiger partial charge in [0.2, 0.25) is 0 Å². The Labute approximate surface area is 74.5 Å². The van der Waals surface area contributed by atoms with Gasteiger partial charge in [-0.1, -0.05) is 18.6 Å². The maximum Gasteiger partial charge on any atom is 0.0605 e. The largest absolute Gasteiger partial charge is 0.393 e. The molecule has 0 aromatic heterocycles. The van der Waals surface area contributed by atoms with Gasteiger partial charge in [-0.2, -0.15) is 0 Å². The van der Waals surface area contributed by atoms with Crippen LogP contribution in [-0.2, 0) is 0 Å². The average molecular weight is 166 g/mol. The summed E-state index contributed by atoms with van der Waals surface area (Å²) < 4.78 is 0. The monoisotopic (exact) mass is 166 g/mol. The minimum Gasteiger partial charge on any atom is -0.393 e. The summed E-state index contributed by atoms with van der Waals surface area (Å²) in [7, 11) is 0. The van der Waals surface area contributed by atoms with Crippen molar-refractivity contribution in [2.45, 2.75) is 45.1 Å². The second-order valence-corrected chi connectivity index (χ2v) is 4.29. The van der Waals surface area contributed by atoms with E-state index in [1.165, 1.54) is 25.7 Å². The van der Waals surface area contributed by atoms with Crippen LogP contribution in [0, 0.1) is 11.8 Å². The van der Waals surface area contributed by atoms with Gasteiger partial charge in [0.25, 0.3) is 0 Å². The van der Waals surface area contributed by atoms with E-state index in [1.807, 2.05) is 0 Å². The number of hydrogen-bond acceptors (Lipinski definition) is 1. The molecule has 0 saturated heterocycles. The first-order chi connectivity index (χ1) is 5.79. The third-order valence-electron chi connectivity index (χ3n) is 3.46. The molecule has 2 aliphatic rings. The molecule has 1 saturated carbocycles. The van der Waals surface area contributed by atoms with E-state index in [1.54, 1.807) is 5.57 Å². The highest BCUT2D eigenvalue weighted by Gasteiger charge is 2.32. The Bertz CT molecular complexity index is 195. The Hall–Kier alpha value is -0.300. The van der Waals surface area contributed by atoms with Gasteiger partial charge in [0, 0.05) is 5.92 Å². The molecule has 12 heavy (non-hydrogen) atoms. The van der Waals surface area contributed by atoms with E-state index in [0.717, 1.165) is 12.3 Å². The van der Waals surface area contributed by atoms with Crippen LogP contribution < -0.4 is 0 Å². The number of aliphatic hydroxyl groups excluding tert-OH is 1. The molecule has 68 valence electrons. The lowest BCUT2D eigenvalue weighted by Gasteiger charge is -2.37. The molecule has 0 aromatic carbocycles. The van der Waals surface area contributed by atoms with E-state index >= 15 is 0 Å². The zero-order valence-electron chi connectivity index (χ0n) is 7.79. The number of rotatable bonds is 0. The van der Waals surface area contributed by atoms with Crippen molar-refractivity contribution >= 4 is 0 Å². The van der Waals surface area contributed by atoms with Gasteiger partial charge < -0.3 is 5.11 Å². The second-order valence-electron chi connectivity index (χ2n) is 4.29. The van der Waals surface area contributed by atoms with Crippen LogP contribution in [0.1, 0.15) is 39.0 Å². The first-order valence-electron chi connectivity index (χ1n) is 5.17. The Morgan fingerprint density at radius 3 is 2.92 bits per heavy atom. The molecule has 3 atom stereocenters. The van der Waals surface area contributed by atoms with Gasteiger partial charge in [-0.15, -0.1) is 0 Å². The minimum atomic E-state index is -0.0345. The van der Waals surface area contributed by atoms with Crippen molar-refractivity contribution in [2.75, 3.05) is 0 Å². The van der Waals surface area contributed by atoms with Crippen LogP contribution >= 0.6 is 0 Å². The van der Waals surface area contributed by atoms with Crippen molar-refractivity contribution in [1.29, 1.82) is 0 Å². The molecule has 2 aliphatic carbocycles. The third kappa shape index (κ3) is 1.31. The number of aliphatic hydroxyl groups is 1. The summed E-state index contributed by atoms with van der Waals surface area (Å²) in [6, 6.07) is 0. The van der Waals surface area contributed by atoms with Crippen molar-refractivity contribution < 1.29 is 5.11 Å². The van der Waals surface area contributed by atoms with E-state index < -0.39 is 0 Å². The second kappa shape index (κ2) is 3.21. The van der Waals surface area contributed by atoms with Gasteiger partial charge in [-0.3, -0.25) is 0 Å². The Morgan fingerprint density at radius 2 is 2.17 bits per heavy atom. The number of allylic oxidation sites excluding steroid dienone is 1. The molecule has 1 N–H and O–H groups in total. The van der Waals surface area contributed by atoms with Crippen molar-refractivity contribution in [3.8, 4) is 0 Å². The Kier molecular flexibility index (Phi) is 2.22. The van der Waals surface area contributed by atoms with Crippen LogP contribution in [0.5, 0.6) is 0 Å². The lowest BCUT2D eigenvalue weighted by molar-refractivity contribution is 0.0777. The van der Waals surface area contributed by atoms with E-state index in [0.29, 0.717) is 5.92 Å². The fourth-order valence-corrected chi connectivity index (χ4v) is 2.69. The van der Waals surface area contributed by atoms with Crippen LogP contribution in [0.25, 0.3) is 0 Å². The van der Waals surface area contributed by atoms with Gasteiger partial charge in [0.05, 0.1) is 6.10 Å². The molecule has 0 heterocycles. The van der Waals surface area contributed by atoms with Crippen molar-refractivity contribution in [3.63, 3.8) is 0 Å². The summed E-state index contributed by atoms with van der Waals surface area (Å²) in [4.78, 5) is 0. The lowest BCUT2D eigenvalue weighted by Crippen LogP contribution is -2.32. The summed E-state index contributed by atoms with van der Waals surface area (Å²) >= 11 is 0. The summed E-state index contributed by atoms with van der Waals surface area (Å²) in [5.41, 5.74) is 1.56. The van der Waals surface area contributed by atoms with Gasteiger partial charge in [-0.05, 0) is 38.0 Å². The SMILES string of the molecule is C[C@H]1CC[C@@H](O)[C@H]2CCCC=C12. The average Bonchev–Trinajstić information content (AvgIpc) is 2.12. The van der Waals surface area contributed by atoms with Crippen LogP contribution in [0.15, 0.2) is 11.6 Å². The molecule has 0 aliphatic heterocycles. The number of fused-ring (bicyclic) bond motifs is 1. The maximum atomic E-state index is 9.78. The van der Waals surface area contributed by atoms with Gasteiger partial charge in [0.15, 0.2) is 0 Å². The molecule has 0 spiro atoms. The summed E-state index contributed by atoms with van der Waals surface area (Å²) in [6.45, 7) is 2.30. The molecule has 0 unspecified atom stereocenters. The van der Waals surface area contributed by atoms with Crippen molar-refractivity contribution in [3.05, 3.63) is 11.6 Å². The molecule has 0 bridgehead atoms. The van der Waals surface area contributed by atoms with Crippen LogP contribution in [0.2, 0.25) is 0 Å². The fraction of sp³-hybridized carbons (Fsp3) is 0.818. The first kappa shape index (κ1) is 8.31. The molecule has 0 radical (unpaired) electrons. The highest BCUT2D eigenvalue weighted by Crippen LogP contribution is 2.39. The summed E-state index contributed by atoms with van der Waals surface area (Å²) in [6.07, 6.45) is 8.28. The van der Waals surface area contributed by atoms with Crippen molar-refractivity contribution in [2.24, 2.45) is 11.8 Å². The predicted octanol–water partition coefficient (Wildman–Crippen LogP) is 2.50. The lowest BCUT2D eigenvalue weighted by atomic mass is 9.71. The summed E-state index contributed by atoms with van der Waals surface area (Å²) in [5.74, 6) is 1.25. The van der Waals surface area contributed by atoms with Crippen LogP contribution in [0.4, 0.5) is 0 Å². The van der Waals surface area contributed by atoms with E-state index in [-0.39, 0.29) is 6.10 Å². The van der Waals surface area contributed by atoms with Gasteiger partial charge in [0.1, 0.15) is 0 Å². The van der Waals surface area contributed by atoms with E-state index in [2.05, 4.69) is 13.0 Å². The quantitative estimate of drug-likeness (QED) is 0.548. The fourth-order valence-electron chi connectivity index (χ4n) is 2.69. The number of hydrogen-bond donors (Lipinski definition) is 1. The molecule has 1 fully saturated rings. The zero-order chi connectivity index (χ0) is 8.55. The highest BCUT2D eigenvalue weighted by atomic mass is 16.3. The molecule has 1 nitrogen and oxygen atoms in total. The zero-order valence-corrected chi connectivity index (χ0v) is 7.79. The van der Waals surface area contributed by atoms with Gasteiger partial charge >= 0.3 is 0 Å². The Morgan fingerprint density at radius 1 is 1.33 bits per heavy atom. The molecule has 0 amide bonds. The first-order valence-corrected chi connectivity index (χ1v) is 5.17. The molecular formula is C11H18O. The summed E-state index contributed by atoms with van der Waals surface area (Å²) in [5, 5.41) is 9.78. The molecular weight excluding hydrogens is 148 g/mol.